The van der Waals surface area contributed by atoms with Crippen LogP contribution in [0.1, 0.15) is 37.6 Å². The van der Waals surface area contributed by atoms with E-state index in [1.165, 1.54) is 12.1 Å². The number of hydrogen-bond acceptors (Lipinski definition) is 4. The molecule has 4 aromatic rings. The third kappa shape index (κ3) is 6.70. The van der Waals surface area contributed by atoms with Crippen molar-refractivity contribution in [1.29, 1.82) is 0 Å². The predicted molar refractivity (Wildman–Crippen MR) is 136 cm³/mol. The minimum Gasteiger partial charge on any atom is -0.493 e. The standard InChI is InChI=1S/C29H29F3N2O3/c1-19-20(7-11-25(33-19)21-5-8-23(9-6-21)29(30,31)32)14-16-36-24-10-12-26-22(17-24)13-15-34(26)18-27(35)37-28(2,3)4/h5-13,15,17H,14,16,18H2,1-4H3. The van der Waals surface area contributed by atoms with E-state index in [9.17, 15) is 18.0 Å². The van der Waals surface area contributed by atoms with Crippen molar-refractivity contribution < 1.29 is 27.4 Å². The zero-order valence-corrected chi connectivity index (χ0v) is 21.2. The lowest BCUT2D eigenvalue weighted by atomic mass is 10.1. The molecule has 0 saturated heterocycles. The average Bonchev–Trinajstić information content (AvgIpc) is 3.20. The molecule has 37 heavy (non-hydrogen) atoms. The molecule has 2 aromatic heterocycles. The summed E-state index contributed by atoms with van der Waals surface area (Å²) in [6, 6.07) is 16.4. The predicted octanol–water partition coefficient (Wildman–Crippen LogP) is 6.99. The maximum Gasteiger partial charge on any atom is 0.416 e. The van der Waals surface area contributed by atoms with Crippen molar-refractivity contribution in [3.05, 3.63) is 83.7 Å². The molecule has 4 rings (SSSR count). The monoisotopic (exact) mass is 510 g/mol. The van der Waals surface area contributed by atoms with Crippen LogP contribution in [-0.4, -0.2) is 27.7 Å². The van der Waals surface area contributed by atoms with E-state index in [0.717, 1.165) is 40.0 Å². The maximum absolute atomic E-state index is 12.8. The van der Waals surface area contributed by atoms with E-state index in [4.69, 9.17) is 9.47 Å². The first kappa shape index (κ1) is 26.3. The molecule has 0 N–H and O–H groups in total. The molecule has 2 heterocycles. The number of hydrogen-bond donors (Lipinski definition) is 0. The number of aryl methyl sites for hydroxylation is 1. The highest BCUT2D eigenvalue weighted by atomic mass is 19.4. The lowest BCUT2D eigenvalue weighted by Crippen LogP contribution is -2.26. The summed E-state index contributed by atoms with van der Waals surface area (Å²) in [5.74, 6) is 0.424. The normalized spacial score (nSPS) is 12.1. The van der Waals surface area contributed by atoms with Gasteiger partial charge in [-0.2, -0.15) is 13.2 Å². The number of rotatable bonds is 7. The second kappa shape index (κ2) is 10.3. The van der Waals surface area contributed by atoms with Crippen molar-refractivity contribution in [1.82, 2.24) is 9.55 Å². The first-order chi connectivity index (χ1) is 17.4. The van der Waals surface area contributed by atoms with Gasteiger partial charge in [0.05, 0.1) is 17.9 Å². The van der Waals surface area contributed by atoms with Crippen molar-refractivity contribution in [2.75, 3.05) is 6.61 Å². The molecule has 0 bridgehead atoms. The number of carbonyl (C=O) groups is 1. The molecule has 8 heteroatoms. The van der Waals surface area contributed by atoms with Crippen LogP contribution in [0.4, 0.5) is 13.2 Å². The molecule has 0 spiro atoms. The summed E-state index contributed by atoms with van der Waals surface area (Å²) in [5.41, 5.74) is 2.76. The van der Waals surface area contributed by atoms with Crippen LogP contribution in [0.2, 0.25) is 0 Å². The van der Waals surface area contributed by atoms with Crippen molar-refractivity contribution in [2.45, 2.75) is 52.4 Å². The van der Waals surface area contributed by atoms with Crippen molar-refractivity contribution in [2.24, 2.45) is 0 Å². The van der Waals surface area contributed by atoms with Gasteiger partial charge in [-0.15, -0.1) is 0 Å². The van der Waals surface area contributed by atoms with Gasteiger partial charge in [0.15, 0.2) is 0 Å². The van der Waals surface area contributed by atoms with Gasteiger partial charge in [0.1, 0.15) is 17.9 Å². The Hall–Kier alpha value is -3.81. The Morgan fingerprint density at radius 3 is 2.35 bits per heavy atom. The fraction of sp³-hybridized carbons (Fsp3) is 0.310. The molecule has 2 aromatic carbocycles. The Bertz CT molecular complexity index is 1400. The van der Waals surface area contributed by atoms with E-state index in [-0.39, 0.29) is 12.5 Å². The highest BCUT2D eigenvalue weighted by molar-refractivity contribution is 5.83. The largest absolute Gasteiger partial charge is 0.493 e. The SMILES string of the molecule is Cc1nc(-c2ccc(C(F)(F)F)cc2)ccc1CCOc1ccc2c(ccn2CC(=O)OC(C)(C)C)c1. The molecular weight excluding hydrogens is 481 g/mol. The summed E-state index contributed by atoms with van der Waals surface area (Å²) in [6.45, 7) is 7.97. The number of carbonyl (C=O) groups excluding carboxylic acids is 1. The smallest absolute Gasteiger partial charge is 0.416 e. The highest BCUT2D eigenvalue weighted by Gasteiger charge is 2.30. The first-order valence-corrected chi connectivity index (χ1v) is 12.0. The number of halogens is 3. The zero-order valence-electron chi connectivity index (χ0n) is 21.2. The van der Waals surface area contributed by atoms with Gasteiger partial charge in [-0.25, -0.2) is 0 Å². The number of aromatic nitrogens is 2. The van der Waals surface area contributed by atoms with Crippen LogP contribution in [0.25, 0.3) is 22.2 Å². The molecular formula is C29H29F3N2O3. The Balaban J connectivity index is 1.36. The number of esters is 1. The maximum atomic E-state index is 12.8. The third-order valence-corrected chi connectivity index (χ3v) is 5.81. The van der Waals surface area contributed by atoms with Gasteiger partial charge in [-0.1, -0.05) is 18.2 Å². The average molecular weight is 511 g/mol. The topological polar surface area (TPSA) is 53.4 Å². The zero-order chi connectivity index (χ0) is 26.8. The fourth-order valence-electron chi connectivity index (χ4n) is 4.04. The van der Waals surface area contributed by atoms with Gasteiger partial charge in [0, 0.05) is 34.8 Å². The molecule has 0 radical (unpaired) electrons. The van der Waals surface area contributed by atoms with Gasteiger partial charge in [-0.3, -0.25) is 9.78 Å². The lowest BCUT2D eigenvalue weighted by molar-refractivity contribution is -0.155. The number of ether oxygens (including phenoxy) is 2. The third-order valence-electron chi connectivity index (χ3n) is 5.81. The van der Waals surface area contributed by atoms with Gasteiger partial charge in [0.2, 0.25) is 0 Å². The molecule has 0 aliphatic rings. The fourth-order valence-corrected chi connectivity index (χ4v) is 4.04. The molecule has 0 aliphatic carbocycles. The Morgan fingerprint density at radius 2 is 1.70 bits per heavy atom. The van der Waals surface area contributed by atoms with Crippen molar-refractivity contribution in [3.8, 4) is 17.0 Å². The Kier molecular flexibility index (Phi) is 7.30. The molecule has 0 saturated carbocycles. The van der Waals surface area contributed by atoms with E-state index in [1.54, 1.807) is 0 Å². The number of pyridine rings is 1. The Labute approximate surface area is 213 Å². The van der Waals surface area contributed by atoms with E-state index in [1.807, 2.05) is 74.9 Å². The van der Waals surface area contributed by atoms with Crippen LogP contribution in [0.5, 0.6) is 5.75 Å². The molecule has 5 nitrogen and oxygen atoms in total. The second-order valence-electron chi connectivity index (χ2n) is 9.87. The molecule has 0 fully saturated rings. The number of benzene rings is 2. The Morgan fingerprint density at radius 1 is 0.973 bits per heavy atom. The number of fused-ring (bicyclic) bond motifs is 1. The van der Waals surface area contributed by atoms with Gasteiger partial charge >= 0.3 is 12.1 Å². The molecule has 0 atom stereocenters. The van der Waals surface area contributed by atoms with Crippen LogP contribution in [-0.2, 0) is 28.7 Å². The molecule has 0 unspecified atom stereocenters. The lowest BCUT2D eigenvalue weighted by Gasteiger charge is -2.19. The number of nitrogens with zero attached hydrogens (tertiary/aromatic N) is 2. The van der Waals surface area contributed by atoms with Gasteiger partial charge in [-0.05, 0) is 75.7 Å². The summed E-state index contributed by atoms with van der Waals surface area (Å²) in [5, 5.41) is 0.958. The quantitative estimate of drug-likeness (QED) is 0.251. The highest BCUT2D eigenvalue weighted by Crippen LogP contribution is 2.31. The van der Waals surface area contributed by atoms with E-state index in [0.29, 0.717) is 24.3 Å². The van der Waals surface area contributed by atoms with Gasteiger partial charge < -0.3 is 14.0 Å². The molecule has 0 aliphatic heterocycles. The van der Waals surface area contributed by atoms with E-state index < -0.39 is 17.3 Å². The molecule has 0 amide bonds. The number of alkyl halides is 3. The minimum atomic E-state index is -4.36. The van der Waals surface area contributed by atoms with Crippen molar-refractivity contribution >= 4 is 16.9 Å². The van der Waals surface area contributed by atoms with Gasteiger partial charge in [0.25, 0.3) is 0 Å². The summed E-state index contributed by atoms with van der Waals surface area (Å²) in [6.07, 6.45) is -1.88. The summed E-state index contributed by atoms with van der Waals surface area (Å²) < 4.78 is 51.6. The summed E-state index contributed by atoms with van der Waals surface area (Å²) >= 11 is 0. The summed E-state index contributed by atoms with van der Waals surface area (Å²) in [7, 11) is 0. The molecule has 194 valence electrons. The van der Waals surface area contributed by atoms with Crippen LogP contribution >= 0.6 is 0 Å². The van der Waals surface area contributed by atoms with Crippen LogP contribution in [0.3, 0.4) is 0 Å². The summed E-state index contributed by atoms with van der Waals surface area (Å²) in [4.78, 5) is 16.8. The van der Waals surface area contributed by atoms with E-state index in [2.05, 4.69) is 4.98 Å². The van der Waals surface area contributed by atoms with E-state index >= 15 is 0 Å². The van der Waals surface area contributed by atoms with Crippen LogP contribution in [0.15, 0.2) is 66.9 Å². The minimum absolute atomic E-state index is 0.135. The van der Waals surface area contributed by atoms with Crippen molar-refractivity contribution in [3.63, 3.8) is 0 Å². The second-order valence-corrected chi connectivity index (χ2v) is 9.87. The van der Waals surface area contributed by atoms with Crippen LogP contribution < -0.4 is 4.74 Å². The first-order valence-electron chi connectivity index (χ1n) is 12.0. The van der Waals surface area contributed by atoms with Crippen LogP contribution in [0, 0.1) is 6.92 Å².